The Balaban J connectivity index is 1.59. The minimum absolute atomic E-state index is 0.108. The molecule has 0 aromatic heterocycles. The van der Waals surface area contributed by atoms with Crippen molar-refractivity contribution in [1.29, 1.82) is 0 Å². The maximum Gasteiger partial charge on any atom is 0.224 e. The molecule has 4 nitrogen and oxygen atoms in total. The van der Waals surface area contributed by atoms with Gasteiger partial charge in [0.25, 0.3) is 0 Å². The van der Waals surface area contributed by atoms with Gasteiger partial charge in [-0.25, -0.2) is 0 Å². The van der Waals surface area contributed by atoms with Gasteiger partial charge in [0.05, 0.1) is 12.3 Å². The molecule has 1 aromatic rings. The van der Waals surface area contributed by atoms with Gasteiger partial charge < -0.3 is 15.4 Å². The number of fused-ring (bicyclic) bond motifs is 2. The van der Waals surface area contributed by atoms with E-state index in [-0.39, 0.29) is 5.91 Å². The third-order valence-electron chi connectivity index (χ3n) is 4.76. The minimum atomic E-state index is 0.108. The number of carbonyl (C=O) groups is 1. The molecule has 2 saturated heterocycles. The summed E-state index contributed by atoms with van der Waals surface area (Å²) in [6.45, 7) is 4.58. The second-order valence-corrected chi connectivity index (χ2v) is 6.66. The van der Waals surface area contributed by atoms with Crippen LogP contribution in [0.5, 0.6) is 5.75 Å². The fourth-order valence-corrected chi connectivity index (χ4v) is 3.81. The molecular formula is C18H26N2O2. The van der Waals surface area contributed by atoms with Crippen molar-refractivity contribution < 1.29 is 9.53 Å². The Morgan fingerprint density at radius 2 is 2.05 bits per heavy atom. The molecule has 1 aromatic carbocycles. The Kier molecular flexibility index (Phi) is 4.67. The molecule has 2 bridgehead atoms. The van der Waals surface area contributed by atoms with E-state index < -0.39 is 0 Å². The van der Waals surface area contributed by atoms with Crippen LogP contribution in [0, 0.1) is 12.8 Å². The van der Waals surface area contributed by atoms with Crippen molar-refractivity contribution in [1.82, 2.24) is 5.32 Å². The molecule has 1 amide bonds. The summed E-state index contributed by atoms with van der Waals surface area (Å²) < 4.78 is 5.63. The van der Waals surface area contributed by atoms with Crippen LogP contribution in [-0.4, -0.2) is 24.6 Å². The summed E-state index contributed by atoms with van der Waals surface area (Å²) >= 11 is 0. The Bertz CT molecular complexity index is 532. The fraction of sp³-hybridized carbons (Fsp3) is 0.611. The SMILES string of the molecule is CCOc1cc(C)ccc1NC(=O)CC1CC2CCC(C1)N2. The number of piperidine rings is 1. The molecule has 2 fully saturated rings. The van der Waals surface area contributed by atoms with Crippen LogP contribution in [0.3, 0.4) is 0 Å². The number of benzene rings is 1. The average Bonchev–Trinajstić information content (AvgIpc) is 2.81. The number of hydrogen-bond acceptors (Lipinski definition) is 3. The van der Waals surface area contributed by atoms with Crippen LogP contribution < -0.4 is 15.4 Å². The van der Waals surface area contributed by atoms with E-state index in [0.717, 1.165) is 29.8 Å². The normalized spacial score (nSPS) is 26.7. The molecular weight excluding hydrogens is 276 g/mol. The summed E-state index contributed by atoms with van der Waals surface area (Å²) in [5.74, 6) is 1.39. The number of nitrogens with one attached hydrogen (secondary N) is 2. The second-order valence-electron chi connectivity index (χ2n) is 6.66. The van der Waals surface area contributed by atoms with Crippen LogP contribution in [0.15, 0.2) is 18.2 Å². The molecule has 2 heterocycles. The molecule has 4 heteroatoms. The zero-order valence-electron chi connectivity index (χ0n) is 13.5. The standard InChI is InChI=1S/C18H26N2O2/c1-3-22-17-8-12(2)4-7-16(17)20-18(21)11-13-9-14-5-6-15(10-13)19-14/h4,7-8,13-15,19H,3,5-6,9-11H2,1-2H3,(H,20,21). The largest absolute Gasteiger partial charge is 0.492 e. The first-order chi connectivity index (χ1) is 10.6. The van der Waals surface area contributed by atoms with Gasteiger partial charge in [0.15, 0.2) is 0 Å². The number of amides is 1. The maximum atomic E-state index is 12.4. The van der Waals surface area contributed by atoms with Gasteiger partial charge in [0.1, 0.15) is 5.75 Å². The first kappa shape index (κ1) is 15.3. The van der Waals surface area contributed by atoms with Crippen molar-refractivity contribution in [3.8, 4) is 5.75 Å². The van der Waals surface area contributed by atoms with Crippen molar-refractivity contribution in [2.24, 2.45) is 5.92 Å². The molecule has 0 radical (unpaired) electrons. The molecule has 0 saturated carbocycles. The lowest BCUT2D eigenvalue weighted by atomic mass is 9.89. The zero-order chi connectivity index (χ0) is 15.5. The smallest absolute Gasteiger partial charge is 0.224 e. The van der Waals surface area contributed by atoms with E-state index >= 15 is 0 Å². The summed E-state index contributed by atoms with van der Waals surface area (Å²) in [6.07, 6.45) is 5.44. The van der Waals surface area contributed by atoms with E-state index in [1.54, 1.807) is 0 Å². The van der Waals surface area contributed by atoms with Crippen LogP contribution in [0.25, 0.3) is 0 Å². The predicted octanol–water partition coefficient (Wildman–Crippen LogP) is 3.25. The average molecular weight is 302 g/mol. The topological polar surface area (TPSA) is 50.4 Å². The van der Waals surface area contributed by atoms with Gasteiger partial charge in [-0.3, -0.25) is 4.79 Å². The zero-order valence-corrected chi connectivity index (χ0v) is 13.5. The van der Waals surface area contributed by atoms with Crippen LogP contribution in [-0.2, 0) is 4.79 Å². The van der Waals surface area contributed by atoms with Gasteiger partial charge in [-0.1, -0.05) is 6.07 Å². The molecule has 22 heavy (non-hydrogen) atoms. The van der Waals surface area contributed by atoms with Crippen molar-refractivity contribution in [2.45, 2.75) is 58.0 Å². The Labute approximate surface area is 132 Å². The summed E-state index contributed by atoms with van der Waals surface area (Å²) in [5.41, 5.74) is 1.92. The number of carbonyl (C=O) groups excluding carboxylic acids is 1. The lowest BCUT2D eigenvalue weighted by Gasteiger charge is -2.28. The van der Waals surface area contributed by atoms with Crippen LogP contribution in [0.1, 0.15) is 44.6 Å². The van der Waals surface area contributed by atoms with E-state index in [0.29, 0.717) is 31.0 Å². The molecule has 2 aliphatic heterocycles. The molecule has 0 aliphatic carbocycles. The van der Waals surface area contributed by atoms with Gasteiger partial charge >= 0.3 is 0 Å². The predicted molar refractivity (Wildman–Crippen MR) is 88.3 cm³/mol. The quantitative estimate of drug-likeness (QED) is 0.878. The summed E-state index contributed by atoms with van der Waals surface area (Å²) in [7, 11) is 0. The van der Waals surface area contributed by atoms with E-state index in [1.165, 1.54) is 12.8 Å². The second kappa shape index (κ2) is 6.69. The fourth-order valence-electron chi connectivity index (χ4n) is 3.81. The van der Waals surface area contributed by atoms with Gasteiger partial charge in [-0.15, -0.1) is 0 Å². The molecule has 2 atom stereocenters. The highest BCUT2D eigenvalue weighted by molar-refractivity contribution is 5.92. The van der Waals surface area contributed by atoms with Crippen molar-refractivity contribution >= 4 is 11.6 Å². The third kappa shape index (κ3) is 3.61. The Morgan fingerprint density at radius 1 is 1.32 bits per heavy atom. The lowest BCUT2D eigenvalue weighted by molar-refractivity contribution is -0.117. The number of rotatable bonds is 5. The first-order valence-electron chi connectivity index (χ1n) is 8.43. The van der Waals surface area contributed by atoms with E-state index in [2.05, 4.69) is 10.6 Å². The number of anilines is 1. The molecule has 2 aliphatic rings. The highest BCUT2D eigenvalue weighted by Crippen LogP contribution is 2.33. The van der Waals surface area contributed by atoms with E-state index in [9.17, 15) is 4.79 Å². The highest BCUT2D eigenvalue weighted by Gasteiger charge is 2.34. The third-order valence-corrected chi connectivity index (χ3v) is 4.76. The van der Waals surface area contributed by atoms with Gasteiger partial charge in [-0.2, -0.15) is 0 Å². The molecule has 2 unspecified atom stereocenters. The van der Waals surface area contributed by atoms with E-state index in [4.69, 9.17) is 4.74 Å². The Morgan fingerprint density at radius 3 is 2.73 bits per heavy atom. The maximum absolute atomic E-state index is 12.4. The molecule has 2 N–H and O–H groups in total. The van der Waals surface area contributed by atoms with Gasteiger partial charge in [-0.05, 0) is 63.1 Å². The minimum Gasteiger partial charge on any atom is -0.492 e. The molecule has 3 rings (SSSR count). The molecule has 0 spiro atoms. The van der Waals surface area contributed by atoms with Gasteiger partial charge in [0.2, 0.25) is 5.91 Å². The number of ether oxygens (including phenoxy) is 1. The van der Waals surface area contributed by atoms with Gasteiger partial charge in [0, 0.05) is 18.5 Å². The van der Waals surface area contributed by atoms with E-state index in [1.807, 2.05) is 32.0 Å². The number of hydrogen-bond donors (Lipinski definition) is 2. The summed E-state index contributed by atoms with van der Waals surface area (Å²) in [4.78, 5) is 12.4. The van der Waals surface area contributed by atoms with Crippen molar-refractivity contribution in [2.75, 3.05) is 11.9 Å². The Hall–Kier alpha value is -1.55. The van der Waals surface area contributed by atoms with Crippen molar-refractivity contribution in [3.63, 3.8) is 0 Å². The highest BCUT2D eigenvalue weighted by atomic mass is 16.5. The van der Waals surface area contributed by atoms with Crippen LogP contribution >= 0.6 is 0 Å². The summed E-state index contributed by atoms with van der Waals surface area (Å²) in [6, 6.07) is 7.18. The number of aryl methyl sites for hydroxylation is 1. The lowest BCUT2D eigenvalue weighted by Crippen LogP contribution is -2.39. The first-order valence-corrected chi connectivity index (χ1v) is 8.43. The van der Waals surface area contributed by atoms with Crippen LogP contribution in [0.4, 0.5) is 5.69 Å². The molecule has 120 valence electrons. The summed E-state index contributed by atoms with van der Waals surface area (Å²) in [5, 5.41) is 6.66. The monoisotopic (exact) mass is 302 g/mol. The van der Waals surface area contributed by atoms with Crippen molar-refractivity contribution in [3.05, 3.63) is 23.8 Å². The van der Waals surface area contributed by atoms with Crippen LogP contribution in [0.2, 0.25) is 0 Å².